The molecule has 1 aliphatic heterocycles. The summed E-state index contributed by atoms with van der Waals surface area (Å²) in [5, 5.41) is 3.02. The third-order valence-corrected chi connectivity index (χ3v) is 4.97. The first-order valence-corrected chi connectivity index (χ1v) is 7.36. The number of methoxy groups -OCH3 is 1. The molecule has 0 atom stereocenters. The van der Waals surface area contributed by atoms with Crippen LogP contribution in [0.2, 0.25) is 0 Å². The van der Waals surface area contributed by atoms with Crippen molar-refractivity contribution in [3.8, 4) is 5.75 Å². The van der Waals surface area contributed by atoms with Gasteiger partial charge in [-0.15, -0.1) is 0 Å². The minimum Gasteiger partial charge on any atom is -0.497 e. The predicted molar refractivity (Wildman–Crippen MR) is 71.3 cm³/mol. The van der Waals surface area contributed by atoms with Gasteiger partial charge in [-0.3, -0.25) is 0 Å². The van der Waals surface area contributed by atoms with Gasteiger partial charge in [0.1, 0.15) is 5.75 Å². The molecule has 1 heterocycles. The number of rotatable bonds is 5. The van der Waals surface area contributed by atoms with Crippen molar-refractivity contribution in [2.45, 2.75) is 17.7 Å². The van der Waals surface area contributed by atoms with E-state index in [0.717, 1.165) is 18.5 Å². The molecule has 0 fully saturated rings. The lowest BCUT2D eigenvalue weighted by Crippen LogP contribution is -2.09. The largest absolute Gasteiger partial charge is 0.497 e. The fraction of sp³-hybridized carbons (Fsp3) is 0.385. The maximum atomic E-state index is 12.3. The first-order valence-electron chi connectivity index (χ1n) is 5.88. The number of nitrogens with one attached hydrogen (secondary N) is 1. The lowest BCUT2D eigenvalue weighted by Gasteiger charge is -2.05. The summed E-state index contributed by atoms with van der Waals surface area (Å²) in [6.07, 6.45) is 3.15. The summed E-state index contributed by atoms with van der Waals surface area (Å²) in [6.45, 7) is 0.812. The number of benzene rings is 1. The summed E-state index contributed by atoms with van der Waals surface area (Å²) in [4.78, 5) is 0.863. The van der Waals surface area contributed by atoms with Gasteiger partial charge in [0.2, 0.25) is 9.84 Å². The molecule has 1 aliphatic rings. The van der Waals surface area contributed by atoms with Crippen LogP contribution in [0.1, 0.15) is 18.4 Å². The number of ether oxygens (including phenoxy) is 1. The van der Waals surface area contributed by atoms with Crippen LogP contribution in [0.15, 0.2) is 28.0 Å². The third kappa shape index (κ3) is 2.28. The second-order valence-corrected chi connectivity index (χ2v) is 6.20. The minimum atomic E-state index is -3.31. The second kappa shape index (κ2) is 5.12. The molecule has 4 nitrogen and oxygen atoms in total. The highest BCUT2D eigenvalue weighted by molar-refractivity contribution is 7.95. The summed E-state index contributed by atoms with van der Waals surface area (Å²) in [7, 11) is 0.0845. The second-order valence-electron chi connectivity index (χ2n) is 4.22. The summed E-state index contributed by atoms with van der Waals surface area (Å²) in [5.41, 5.74) is 0.759. The van der Waals surface area contributed by atoms with E-state index in [4.69, 9.17) is 4.74 Å². The molecule has 0 amide bonds. The highest BCUT2D eigenvalue weighted by Crippen LogP contribution is 2.36. The van der Waals surface area contributed by atoms with Crippen LogP contribution in [0.25, 0.3) is 6.08 Å². The van der Waals surface area contributed by atoms with E-state index < -0.39 is 9.84 Å². The van der Waals surface area contributed by atoms with Gasteiger partial charge < -0.3 is 10.1 Å². The van der Waals surface area contributed by atoms with E-state index in [9.17, 15) is 8.42 Å². The number of fused-ring (bicyclic) bond motifs is 1. The molecular formula is C13H17NO3S. The lowest BCUT2D eigenvalue weighted by molar-refractivity contribution is 0.413. The normalized spacial score (nSPS) is 16.2. The van der Waals surface area contributed by atoms with E-state index in [1.54, 1.807) is 24.3 Å². The molecule has 0 unspecified atom stereocenters. The molecule has 0 aliphatic carbocycles. The Balaban J connectivity index is 2.29. The smallest absolute Gasteiger partial charge is 0.203 e. The van der Waals surface area contributed by atoms with Crippen molar-refractivity contribution in [1.82, 2.24) is 5.32 Å². The standard InChI is InChI=1S/C13H17NO3S/c1-14-7-3-4-12-8-10-5-6-11(17-2)9-13(10)18(12,15)16/h5-6,8-9,14H,3-4,7H2,1-2H3. The van der Waals surface area contributed by atoms with Crippen molar-refractivity contribution >= 4 is 15.9 Å². The van der Waals surface area contributed by atoms with E-state index in [0.29, 0.717) is 22.0 Å². The quantitative estimate of drug-likeness (QED) is 0.827. The Morgan fingerprint density at radius 1 is 1.33 bits per heavy atom. The lowest BCUT2D eigenvalue weighted by atomic mass is 10.2. The van der Waals surface area contributed by atoms with Crippen molar-refractivity contribution in [2.24, 2.45) is 0 Å². The molecule has 5 heteroatoms. The molecule has 0 bridgehead atoms. The summed E-state index contributed by atoms with van der Waals surface area (Å²) >= 11 is 0. The molecule has 0 aromatic heterocycles. The summed E-state index contributed by atoms with van der Waals surface area (Å²) in [5.74, 6) is 0.571. The molecule has 1 N–H and O–H groups in total. The van der Waals surface area contributed by atoms with Crippen LogP contribution in [-0.4, -0.2) is 29.1 Å². The fourth-order valence-corrected chi connectivity index (χ4v) is 3.72. The van der Waals surface area contributed by atoms with Crippen LogP contribution in [0.4, 0.5) is 0 Å². The van der Waals surface area contributed by atoms with Gasteiger partial charge >= 0.3 is 0 Å². The van der Waals surface area contributed by atoms with Crippen LogP contribution < -0.4 is 10.1 Å². The number of hydrogen-bond donors (Lipinski definition) is 1. The van der Waals surface area contributed by atoms with Gasteiger partial charge in [-0.25, -0.2) is 8.42 Å². The van der Waals surface area contributed by atoms with E-state index in [-0.39, 0.29) is 0 Å². The maximum Gasteiger partial charge on any atom is 0.203 e. The van der Waals surface area contributed by atoms with Gasteiger partial charge in [0.05, 0.1) is 12.0 Å². The monoisotopic (exact) mass is 267 g/mol. The van der Waals surface area contributed by atoms with Gasteiger partial charge in [-0.05, 0) is 56.3 Å². The van der Waals surface area contributed by atoms with Gasteiger partial charge in [0, 0.05) is 4.91 Å². The van der Waals surface area contributed by atoms with Gasteiger partial charge in [0.15, 0.2) is 0 Å². The van der Waals surface area contributed by atoms with Gasteiger partial charge in [-0.2, -0.15) is 0 Å². The van der Waals surface area contributed by atoms with Crippen molar-refractivity contribution in [1.29, 1.82) is 0 Å². The highest BCUT2D eigenvalue weighted by atomic mass is 32.2. The Kier molecular flexibility index (Phi) is 3.73. The van der Waals surface area contributed by atoms with Crippen LogP contribution in [-0.2, 0) is 9.84 Å². The Hall–Kier alpha value is -1.33. The summed E-state index contributed by atoms with van der Waals surface area (Å²) in [6, 6.07) is 5.16. The van der Waals surface area contributed by atoms with Crippen molar-refractivity contribution in [3.63, 3.8) is 0 Å². The Morgan fingerprint density at radius 2 is 2.11 bits per heavy atom. The third-order valence-electron chi connectivity index (χ3n) is 3.02. The van der Waals surface area contributed by atoms with E-state index >= 15 is 0 Å². The average Bonchev–Trinajstić information content (AvgIpc) is 2.61. The van der Waals surface area contributed by atoms with Crippen molar-refractivity contribution in [3.05, 3.63) is 28.7 Å². The van der Waals surface area contributed by atoms with Crippen molar-refractivity contribution < 1.29 is 13.2 Å². The Labute approximate surface area is 108 Å². The van der Waals surface area contributed by atoms with E-state index in [1.807, 2.05) is 7.05 Å². The molecule has 2 rings (SSSR count). The van der Waals surface area contributed by atoms with Crippen LogP contribution in [0.5, 0.6) is 5.75 Å². The number of hydrogen-bond acceptors (Lipinski definition) is 4. The molecule has 0 radical (unpaired) electrons. The molecule has 18 heavy (non-hydrogen) atoms. The fourth-order valence-electron chi connectivity index (χ4n) is 2.03. The zero-order valence-electron chi connectivity index (χ0n) is 10.6. The minimum absolute atomic E-state index is 0.362. The Bertz CT molecular complexity index is 576. The zero-order valence-corrected chi connectivity index (χ0v) is 11.4. The first kappa shape index (κ1) is 13.1. The molecule has 0 saturated carbocycles. The van der Waals surface area contributed by atoms with Crippen LogP contribution in [0.3, 0.4) is 0 Å². The molecule has 0 spiro atoms. The molecule has 98 valence electrons. The number of allylic oxidation sites excluding steroid dienone is 1. The maximum absolute atomic E-state index is 12.3. The zero-order chi connectivity index (χ0) is 13.2. The Morgan fingerprint density at radius 3 is 2.78 bits per heavy atom. The van der Waals surface area contributed by atoms with Gasteiger partial charge in [0.25, 0.3) is 0 Å². The van der Waals surface area contributed by atoms with E-state index in [2.05, 4.69) is 5.32 Å². The van der Waals surface area contributed by atoms with Gasteiger partial charge in [-0.1, -0.05) is 0 Å². The van der Waals surface area contributed by atoms with E-state index in [1.165, 1.54) is 7.11 Å². The SMILES string of the molecule is CNCCCC1=Cc2ccc(OC)cc2S1(=O)=O. The highest BCUT2D eigenvalue weighted by Gasteiger charge is 2.29. The van der Waals surface area contributed by atoms with Crippen LogP contribution in [0, 0.1) is 0 Å². The predicted octanol–water partition coefficient (Wildman–Crippen LogP) is 1.82. The molecule has 1 aromatic rings. The molecule has 1 aromatic carbocycles. The summed E-state index contributed by atoms with van der Waals surface area (Å²) < 4.78 is 29.7. The molecule has 0 saturated heterocycles. The van der Waals surface area contributed by atoms with Crippen molar-refractivity contribution in [2.75, 3.05) is 20.7 Å². The topological polar surface area (TPSA) is 55.4 Å². The molecular weight excluding hydrogens is 250 g/mol. The number of sulfone groups is 1. The first-order chi connectivity index (χ1) is 8.59. The average molecular weight is 267 g/mol. The van der Waals surface area contributed by atoms with Crippen LogP contribution >= 0.6 is 0 Å².